The van der Waals surface area contributed by atoms with Crippen molar-refractivity contribution in [2.45, 2.75) is 25.1 Å². The van der Waals surface area contributed by atoms with Gasteiger partial charge in [0, 0.05) is 36.2 Å². The zero-order valence-electron chi connectivity index (χ0n) is 11.1. The fraction of sp³-hybridized carbons (Fsp3) is 0.500. The van der Waals surface area contributed by atoms with Crippen molar-refractivity contribution in [3.05, 3.63) is 35.1 Å². The Morgan fingerprint density at radius 3 is 3.00 bits per heavy atom. The Labute approximate surface area is 123 Å². The van der Waals surface area contributed by atoms with E-state index in [1.165, 1.54) is 12.5 Å². The number of benzene rings is 1. The monoisotopic (exact) mass is 298 g/mol. The summed E-state index contributed by atoms with van der Waals surface area (Å²) in [4.78, 5) is 2.63. The molecular weight excluding hydrogens is 279 g/mol. The maximum absolute atomic E-state index is 13.5. The van der Waals surface area contributed by atoms with Gasteiger partial charge in [0.25, 0.3) is 0 Å². The summed E-state index contributed by atoms with van der Waals surface area (Å²) in [6.45, 7) is 5.11. The molecule has 1 aliphatic heterocycles. The van der Waals surface area contributed by atoms with Gasteiger partial charge in [-0.1, -0.05) is 19.1 Å². The highest BCUT2D eigenvalue weighted by atomic mass is 32.2. The molecule has 0 radical (unpaired) electrons. The van der Waals surface area contributed by atoms with Crippen LogP contribution in [-0.2, 0) is 6.54 Å². The predicted molar refractivity (Wildman–Crippen MR) is 84.1 cm³/mol. The Morgan fingerprint density at radius 2 is 2.32 bits per heavy atom. The summed E-state index contributed by atoms with van der Waals surface area (Å²) in [5.74, 6) is 0.884. The Balaban J connectivity index is 2.08. The molecule has 1 unspecified atom stereocenters. The molecular formula is C14H19FN2S2. The van der Waals surface area contributed by atoms with Crippen LogP contribution >= 0.6 is 24.0 Å². The molecule has 0 saturated carbocycles. The van der Waals surface area contributed by atoms with E-state index in [-0.39, 0.29) is 10.8 Å². The summed E-state index contributed by atoms with van der Waals surface area (Å²) in [6.07, 6.45) is 1.18. The van der Waals surface area contributed by atoms with E-state index in [0.29, 0.717) is 10.8 Å². The molecule has 1 aromatic rings. The summed E-state index contributed by atoms with van der Waals surface area (Å²) >= 11 is 6.95. The molecule has 2 nitrogen and oxygen atoms in total. The van der Waals surface area contributed by atoms with Crippen molar-refractivity contribution in [2.24, 2.45) is 5.73 Å². The van der Waals surface area contributed by atoms with Crippen LogP contribution in [0.15, 0.2) is 18.2 Å². The van der Waals surface area contributed by atoms with Gasteiger partial charge in [0.15, 0.2) is 0 Å². The van der Waals surface area contributed by atoms with Gasteiger partial charge in [0.2, 0.25) is 0 Å². The second-order valence-corrected chi connectivity index (χ2v) is 6.70. The lowest BCUT2D eigenvalue weighted by Gasteiger charge is -2.31. The van der Waals surface area contributed by atoms with Crippen molar-refractivity contribution in [1.29, 1.82) is 0 Å². The molecule has 0 aliphatic carbocycles. The van der Waals surface area contributed by atoms with E-state index < -0.39 is 0 Å². The predicted octanol–water partition coefficient (Wildman–Crippen LogP) is 2.79. The average Bonchev–Trinajstić information content (AvgIpc) is 2.38. The van der Waals surface area contributed by atoms with E-state index >= 15 is 0 Å². The van der Waals surface area contributed by atoms with Crippen molar-refractivity contribution in [3.63, 3.8) is 0 Å². The van der Waals surface area contributed by atoms with Crippen LogP contribution in [0, 0.1) is 5.82 Å². The van der Waals surface area contributed by atoms with Crippen LogP contribution in [0.2, 0.25) is 0 Å². The van der Waals surface area contributed by atoms with Crippen molar-refractivity contribution >= 4 is 29.0 Å². The number of halogens is 1. The van der Waals surface area contributed by atoms with Gasteiger partial charge in [-0.25, -0.2) is 4.39 Å². The molecule has 1 aromatic carbocycles. The number of hydrogen-bond donors (Lipinski definition) is 1. The van der Waals surface area contributed by atoms with Crippen molar-refractivity contribution in [1.82, 2.24) is 4.90 Å². The number of nitrogens with two attached hydrogens (primary N) is 1. The smallest absolute Gasteiger partial charge is 0.124 e. The lowest BCUT2D eigenvalue weighted by Crippen LogP contribution is -2.37. The van der Waals surface area contributed by atoms with Crippen LogP contribution in [0.3, 0.4) is 0 Å². The van der Waals surface area contributed by atoms with Crippen LogP contribution < -0.4 is 5.73 Å². The molecule has 1 aliphatic rings. The quantitative estimate of drug-likeness (QED) is 0.866. The van der Waals surface area contributed by atoms with Crippen molar-refractivity contribution in [3.8, 4) is 0 Å². The molecule has 0 bridgehead atoms. The standard InChI is InChI=1S/C14H19FN2S2/c1-2-13-9-17(3-4-19-13)8-10-5-11(14(16)18)7-12(15)6-10/h5-7,13H,2-4,8-9H2,1H3,(H2,16,18). The summed E-state index contributed by atoms with van der Waals surface area (Å²) in [5, 5.41) is 0.692. The van der Waals surface area contributed by atoms with Crippen molar-refractivity contribution in [2.75, 3.05) is 18.8 Å². The second-order valence-electron chi connectivity index (χ2n) is 4.85. The molecule has 1 atom stereocenters. The molecule has 1 fully saturated rings. The molecule has 0 spiro atoms. The van der Waals surface area contributed by atoms with E-state index in [2.05, 4.69) is 11.8 Å². The number of nitrogens with zero attached hydrogens (tertiary/aromatic N) is 1. The average molecular weight is 298 g/mol. The molecule has 0 amide bonds. The molecule has 0 aromatic heterocycles. The number of thioether (sulfide) groups is 1. The summed E-state index contributed by atoms with van der Waals surface area (Å²) < 4.78 is 13.5. The first-order valence-corrected chi connectivity index (χ1v) is 7.97. The van der Waals surface area contributed by atoms with E-state index in [1.54, 1.807) is 6.07 Å². The van der Waals surface area contributed by atoms with Crippen LogP contribution in [0.1, 0.15) is 24.5 Å². The number of rotatable bonds is 4. The first-order valence-electron chi connectivity index (χ1n) is 6.51. The summed E-state index contributed by atoms with van der Waals surface area (Å²) in [7, 11) is 0. The topological polar surface area (TPSA) is 29.3 Å². The molecule has 5 heteroatoms. The van der Waals surface area contributed by atoms with Gasteiger partial charge in [0.05, 0.1) is 0 Å². The third-order valence-corrected chi connectivity index (χ3v) is 4.93. The molecule has 2 N–H and O–H groups in total. The fourth-order valence-corrected chi connectivity index (χ4v) is 3.68. The van der Waals surface area contributed by atoms with Crippen LogP contribution in [0.25, 0.3) is 0 Å². The lowest BCUT2D eigenvalue weighted by atomic mass is 10.1. The first-order chi connectivity index (χ1) is 9.08. The molecule has 1 heterocycles. The van der Waals surface area contributed by atoms with Crippen LogP contribution in [-0.4, -0.2) is 34.0 Å². The zero-order valence-corrected chi connectivity index (χ0v) is 12.7. The Bertz CT molecular complexity index is 465. The minimum atomic E-state index is -0.265. The minimum Gasteiger partial charge on any atom is -0.389 e. The summed E-state index contributed by atoms with van der Waals surface area (Å²) in [6, 6.07) is 4.87. The van der Waals surface area contributed by atoms with Crippen molar-refractivity contribution < 1.29 is 4.39 Å². The first kappa shape index (κ1) is 14.8. The van der Waals surface area contributed by atoms with Gasteiger partial charge >= 0.3 is 0 Å². The molecule has 19 heavy (non-hydrogen) atoms. The number of hydrogen-bond acceptors (Lipinski definition) is 3. The highest BCUT2D eigenvalue weighted by Gasteiger charge is 2.19. The zero-order chi connectivity index (χ0) is 13.8. The van der Waals surface area contributed by atoms with Crippen LogP contribution in [0.5, 0.6) is 0 Å². The molecule has 2 rings (SSSR count). The maximum atomic E-state index is 13.5. The van der Waals surface area contributed by atoms with Crippen LogP contribution in [0.4, 0.5) is 4.39 Å². The van der Waals surface area contributed by atoms with E-state index in [1.807, 2.05) is 17.8 Å². The molecule has 1 saturated heterocycles. The van der Waals surface area contributed by atoms with Gasteiger partial charge in [-0.05, 0) is 30.2 Å². The Hall–Kier alpha value is -0.650. The Morgan fingerprint density at radius 1 is 1.53 bits per heavy atom. The van der Waals surface area contributed by atoms with E-state index in [9.17, 15) is 4.39 Å². The van der Waals surface area contributed by atoms with Gasteiger partial charge in [-0.15, -0.1) is 0 Å². The second kappa shape index (κ2) is 6.68. The lowest BCUT2D eigenvalue weighted by molar-refractivity contribution is 0.273. The normalized spacial score (nSPS) is 20.4. The third kappa shape index (κ3) is 4.16. The van der Waals surface area contributed by atoms with Gasteiger partial charge in [0.1, 0.15) is 10.8 Å². The molecule has 104 valence electrons. The van der Waals surface area contributed by atoms with Gasteiger partial charge in [-0.3, -0.25) is 4.90 Å². The highest BCUT2D eigenvalue weighted by Crippen LogP contribution is 2.22. The minimum absolute atomic E-state index is 0.251. The van der Waals surface area contributed by atoms with Gasteiger partial charge in [-0.2, -0.15) is 11.8 Å². The SMILES string of the molecule is CCC1CN(Cc2cc(F)cc(C(N)=S)c2)CCS1. The highest BCUT2D eigenvalue weighted by molar-refractivity contribution is 8.00. The fourth-order valence-electron chi connectivity index (χ4n) is 2.31. The van der Waals surface area contributed by atoms with E-state index in [4.69, 9.17) is 18.0 Å². The van der Waals surface area contributed by atoms with E-state index in [0.717, 1.165) is 31.0 Å². The Kier molecular flexibility index (Phi) is 5.19. The summed E-state index contributed by atoms with van der Waals surface area (Å²) in [5.41, 5.74) is 7.14. The number of thiocarbonyl (C=S) groups is 1. The van der Waals surface area contributed by atoms with Gasteiger partial charge < -0.3 is 5.73 Å². The maximum Gasteiger partial charge on any atom is 0.124 e. The largest absolute Gasteiger partial charge is 0.389 e. The third-order valence-electron chi connectivity index (χ3n) is 3.33.